The summed E-state index contributed by atoms with van der Waals surface area (Å²) in [5.41, 5.74) is 0.190. The number of hydrogen-bond acceptors (Lipinski definition) is 3. The second kappa shape index (κ2) is 6.34. The highest BCUT2D eigenvalue weighted by Gasteiger charge is 2.21. The molecule has 0 spiro atoms. The van der Waals surface area contributed by atoms with E-state index in [1.165, 1.54) is 6.20 Å². The third-order valence-corrected chi connectivity index (χ3v) is 2.79. The smallest absolute Gasteiger partial charge is 0.326 e. The molecule has 0 fully saturated rings. The highest BCUT2D eigenvalue weighted by Crippen LogP contribution is 2.13. The van der Waals surface area contributed by atoms with Gasteiger partial charge in [-0.25, -0.2) is 9.78 Å². The number of nitrogens with zero attached hydrogens (tertiary/aromatic N) is 1. The van der Waals surface area contributed by atoms with Gasteiger partial charge in [0, 0.05) is 10.7 Å². The van der Waals surface area contributed by atoms with Crippen molar-refractivity contribution < 1.29 is 14.7 Å². The van der Waals surface area contributed by atoms with Gasteiger partial charge in [-0.1, -0.05) is 13.3 Å². The van der Waals surface area contributed by atoms with Crippen LogP contribution in [0.5, 0.6) is 0 Å². The van der Waals surface area contributed by atoms with Crippen molar-refractivity contribution in [1.29, 1.82) is 0 Å². The van der Waals surface area contributed by atoms with E-state index < -0.39 is 17.9 Å². The van der Waals surface area contributed by atoms with E-state index >= 15 is 0 Å². The number of carbonyl (C=O) groups excluding carboxylic acids is 1. The lowest BCUT2D eigenvalue weighted by Gasteiger charge is -2.13. The molecule has 2 N–H and O–H groups in total. The van der Waals surface area contributed by atoms with Crippen LogP contribution in [0.2, 0.25) is 0 Å². The minimum absolute atomic E-state index is 0.190. The van der Waals surface area contributed by atoms with Gasteiger partial charge in [-0.05, 0) is 34.5 Å². The lowest BCUT2D eigenvalue weighted by molar-refractivity contribution is -0.139. The van der Waals surface area contributed by atoms with Gasteiger partial charge in [0.15, 0.2) is 0 Å². The fraction of sp³-hybridized carbons (Fsp3) is 0.364. The minimum atomic E-state index is -1.03. The van der Waals surface area contributed by atoms with Crippen molar-refractivity contribution in [3.05, 3.63) is 28.5 Å². The van der Waals surface area contributed by atoms with Crippen molar-refractivity contribution in [1.82, 2.24) is 10.3 Å². The van der Waals surface area contributed by atoms with E-state index in [0.717, 1.165) is 0 Å². The van der Waals surface area contributed by atoms with Crippen molar-refractivity contribution >= 4 is 27.8 Å². The van der Waals surface area contributed by atoms with Crippen molar-refractivity contribution in [2.24, 2.45) is 0 Å². The van der Waals surface area contributed by atoms with Crippen molar-refractivity contribution in [3.63, 3.8) is 0 Å². The van der Waals surface area contributed by atoms with Crippen molar-refractivity contribution in [2.45, 2.75) is 25.8 Å². The van der Waals surface area contributed by atoms with Crippen LogP contribution in [0.1, 0.15) is 30.3 Å². The summed E-state index contributed by atoms with van der Waals surface area (Å²) in [5, 5.41) is 11.4. The standard InChI is InChI=1S/C11H13BrN2O3/c1-2-4-8(11(16)17)14-10(15)9-7(12)5-3-6-13-9/h3,5-6,8H,2,4H2,1H3,(H,14,15)(H,16,17)/t8-/m1/s1. The first-order valence-electron chi connectivity index (χ1n) is 5.20. The van der Waals surface area contributed by atoms with Gasteiger partial charge in [-0.2, -0.15) is 0 Å². The summed E-state index contributed by atoms with van der Waals surface area (Å²) in [4.78, 5) is 26.6. The Labute approximate surface area is 107 Å². The summed E-state index contributed by atoms with van der Waals surface area (Å²) in [5.74, 6) is -1.52. The van der Waals surface area contributed by atoms with E-state index in [1.807, 2.05) is 6.92 Å². The van der Waals surface area contributed by atoms with E-state index in [-0.39, 0.29) is 5.69 Å². The van der Waals surface area contributed by atoms with E-state index in [9.17, 15) is 9.59 Å². The first-order valence-corrected chi connectivity index (χ1v) is 5.99. The molecule has 6 heteroatoms. The van der Waals surface area contributed by atoms with Gasteiger partial charge in [0.05, 0.1) is 0 Å². The number of aliphatic carboxylic acids is 1. The molecule has 1 aromatic heterocycles. The molecule has 0 radical (unpaired) electrons. The van der Waals surface area contributed by atoms with Gasteiger partial charge < -0.3 is 10.4 Å². The molecule has 1 aromatic rings. The Morgan fingerprint density at radius 3 is 2.82 bits per heavy atom. The SMILES string of the molecule is CCC[C@@H](NC(=O)c1ncccc1Br)C(=O)O. The molecule has 17 heavy (non-hydrogen) atoms. The maximum absolute atomic E-state index is 11.8. The number of pyridine rings is 1. The van der Waals surface area contributed by atoms with E-state index in [1.54, 1.807) is 12.1 Å². The molecule has 0 bridgehead atoms. The first kappa shape index (κ1) is 13.6. The summed E-state index contributed by atoms with van der Waals surface area (Å²) in [7, 11) is 0. The summed E-state index contributed by atoms with van der Waals surface area (Å²) < 4.78 is 0.540. The van der Waals surface area contributed by atoms with E-state index in [2.05, 4.69) is 26.2 Å². The molecule has 0 aliphatic carbocycles. The number of carboxylic acids is 1. The highest BCUT2D eigenvalue weighted by molar-refractivity contribution is 9.10. The Morgan fingerprint density at radius 1 is 1.59 bits per heavy atom. The maximum Gasteiger partial charge on any atom is 0.326 e. The molecule has 1 atom stereocenters. The average Bonchev–Trinajstić information content (AvgIpc) is 2.28. The minimum Gasteiger partial charge on any atom is -0.480 e. The van der Waals surface area contributed by atoms with Gasteiger partial charge in [0.1, 0.15) is 11.7 Å². The number of hydrogen-bond donors (Lipinski definition) is 2. The van der Waals surface area contributed by atoms with Crippen LogP contribution in [-0.4, -0.2) is 28.0 Å². The number of carboxylic acid groups (broad SMARTS) is 1. The number of rotatable bonds is 5. The number of nitrogens with one attached hydrogen (secondary N) is 1. The normalized spacial score (nSPS) is 11.9. The van der Waals surface area contributed by atoms with Crippen LogP contribution in [0.3, 0.4) is 0 Å². The Balaban J connectivity index is 2.77. The van der Waals surface area contributed by atoms with Crippen LogP contribution in [0.15, 0.2) is 22.8 Å². The predicted molar refractivity (Wildman–Crippen MR) is 65.7 cm³/mol. The fourth-order valence-corrected chi connectivity index (χ4v) is 1.76. The van der Waals surface area contributed by atoms with E-state index in [0.29, 0.717) is 17.3 Å². The van der Waals surface area contributed by atoms with Crippen LogP contribution < -0.4 is 5.32 Å². The Bertz CT molecular complexity index is 423. The van der Waals surface area contributed by atoms with Crippen LogP contribution in [0, 0.1) is 0 Å². The number of halogens is 1. The van der Waals surface area contributed by atoms with Crippen LogP contribution >= 0.6 is 15.9 Å². The molecule has 0 aliphatic rings. The van der Waals surface area contributed by atoms with Gasteiger partial charge in [-0.15, -0.1) is 0 Å². The zero-order chi connectivity index (χ0) is 12.8. The third-order valence-electron chi connectivity index (χ3n) is 2.15. The molecule has 92 valence electrons. The summed E-state index contributed by atoms with van der Waals surface area (Å²) >= 11 is 3.19. The Kier molecular flexibility index (Phi) is 5.09. The molecular formula is C11H13BrN2O3. The summed E-state index contributed by atoms with van der Waals surface area (Å²) in [6, 6.07) is 2.49. The second-order valence-corrected chi connectivity index (χ2v) is 4.34. The molecule has 0 aromatic carbocycles. The third kappa shape index (κ3) is 3.81. The highest BCUT2D eigenvalue weighted by atomic mass is 79.9. The largest absolute Gasteiger partial charge is 0.480 e. The zero-order valence-corrected chi connectivity index (χ0v) is 10.9. The Morgan fingerprint density at radius 2 is 2.29 bits per heavy atom. The average molecular weight is 301 g/mol. The molecule has 1 rings (SSSR count). The fourth-order valence-electron chi connectivity index (χ4n) is 1.33. The number of amides is 1. The second-order valence-electron chi connectivity index (χ2n) is 3.49. The molecule has 0 aliphatic heterocycles. The van der Waals surface area contributed by atoms with Gasteiger partial charge in [-0.3, -0.25) is 4.79 Å². The quantitative estimate of drug-likeness (QED) is 0.869. The Hall–Kier alpha value is -1.43. The molecule has 0 saturated carbocycles. The van der Waals surface area contributed by atoms with Crippen molar-refractivity contribution in [2.75, 3.05) is 0 Å². The lowest BCUT2D eigenvalue weighted by atomic mass is 10.1. The molecule has 0 unspecified atom stereocenters. The van der Waals surface area contributed by atoms with Gasteiger partial charge >= 0.3 is 5.97 Å². The number of carbonyl (C=O) groups is 2. The monoisotopic (exact) mass is 300 g/mol. The van der Waals surface area contributed by atoms with Gasteiger partial charge in [0.25, 0.3) is 5.91 Å². The molecule has 5 nitrogen and oxygen atoms in total. The predicted octanol–water partition coefficient (Wildman–Crippen LogP) is 1.83. The van der Waals surface area contributed by atoms with Crippen molar-refractivity contribution in [3.8, 4) is 0 Å². The zero-order valence-electron chi connectivity index (χ0n) is 9.31. The molecule has 0 saturated heterocycles. The topological polar surface area (TPSA) is 79.3 Å². The van der Waals surface area contributed by atoms with E-state index in [4.69, 9.17) is 5.11 Å². The van der Waals surface area contributed by atoms with Crippen LogP contribution in [0.4, 0.5) is 0 Å². The summed E-state index contributed by atoms with van der Waals surface area (Å²) in [6.07, 6.45) is 2.56. The van der Waals surface area contributed by atoms with Crippen LogP contribution in [0.25, 0.3) is 0 Å². The number of aromatic nitrogens is 1. The lowest BCUT2D eigenvalue weighted by Crippen LogP contribution is -2.41. The van der Waals surface area contributed by atoms with Gasteiger partial charge in [0.2, 0.25) is 0 Å². The molecular weight excluding hydrogens is 288 g/mol. The first-order chi connectivity index (χ1) is 8.06. The van der Waals surface area contributed by atoms with Crippen LogP contribution in [-0.2, 0) is 4.79 Å². The molecule has 1 amide bonds. The summed E-state index contributed by atoms with van der Waals surface area (Å²) in [6.45, 7) is 1.86. The maximum atomic E-state index is 11.8. The molecule has 1 heterocycles.